The van der Waals surface area contributed by atoms with Crippen LogP contribution in [-0.2, 0) is 11.2 Å². The molecular formula is C20H29BrClN3O. The average molecular weight is 443 g/mol. The van der Waals surface area contributed by atoms with E-state index in [-0.39, 0.29) is 5.91 Å². The van der Waals surface area contributed by atoms with Crippen molar-refractivity contribution in [1.29, 1.82) is 0 Å². The van der Waals surface area contributed by atoms with Gasteiger partial charge in [-0.25, -0.2) is 0 Å². The Morgan fingerprint density at radius 3 is 2.50 bits per heavy atom. The standard InChI is InChI=1S/C20H29BrClN3O/c1-14-11-15(12-17(21)19(14)22)13-18(23)20(26)25-9-5-16(6-10-25)24-7-3-2-4-8-24/h11-12,16,18H,2-10,13,23H2,1H3. The number of piperidine rings is 2. The Labute approximate surface area is 170 Å². The van der Waals surface area contributed by atoms with Crippen LogP contribution in [0.5, 0.6) is 0 Å². The first kappa shape index (κ1) is 20.1. The van der Waals surface area contributed by atoms with Crippen LogP contribution in [0.2, 0.25) is 5.02 Å². The molecule has 2 aliphatic heterocycles. The third-order valence-corrected chi connectivity index (χ3v) is 7.08. The fraction of sp³-hybridized carbons (Fsp3) is 0.650. The molecule has 0 radical (unpaired) electrons. The van der Waals surface area contributed by atoms with Crippen LogP contribution in [0.3, 0.4) is 0 Å². The lowest BCUT2D eigenvalue weighted by molar-refractivity contribution is -0.134. The van der Waals surface area contributed by atoms with Gasteiger partial charge in [0.05, 0.1) is 11.1 Å². The Bertz CT molecular complexity index is 617. The summed E-state index contributed by atoms with van der Waals surface area (Å²) in [5.41, 5.74) is 8.29. The third-order valence-electron chi connectivity index (χ3n) is 5.73. The second kappa shape index (κ2) is 9.05. The van der Waals surface area contributed by atoms with Crippen molar-refractivity contribution >= 4 is 33.4 Å². The minimum absolute atomic E-state index is 0.0748. The molecule has 2 heterocycles. The molecule has 0 saturated carbocycles. The second-order valence-corrected chi connectivity index (χ2v) is 8.90. The van der Waals surface area contributed by atoms with Crippen molar-refractivity contribution in [2.45, 2.75) is 57.5 Å². The number of nitrogens with zero attached hydrogens (tertiary/aromatic N) is 2. The Morgan fingerprint density at radius 1 is 1.23 bits per heavy atom. The van der Waals surface area contributed by atoms with Crippen LogP contribution in [0.25, 0.3) is 0 Å². The fourth-order valence-corrected chi connectivity index (χ4v) is 4.94. The molecule has 4 nitrogen and oxygen atoms in total. The van der Waals surface area contributed by atoms with Gasteiger partial charge in [-0.1, -0.05) is 24.1 Å². The molecule has 1 aromatic rings. The molecule has 26 heavy (non-hydrogen) atoms. The molecular weight excluding hydrogens is 414 g/mol. The zero-order valence-corrected chi connectivity index (χ0v) is 17.9. The highest BCUT2D eigenvalue weighted by Gasteiger charge is 2.29. The van der Waals surface area contributed by atoms with Gasteiger partial charge in [0.2, 0.25) is 5.91 Å². The monoisotopic (exact) mass is 441 g/mol. The minimum Gasteiger partial charge on any atom is -0.341 e. The molecule has 2 N–H and O–H groups in total. The molecule has 0 spiro atoms. The van der Waals surface area contributed by atoms with E-state index in [4.69, 9.17) is 17.3 Å². The smallest absolute Gasteiger partial charge is 0.239 e. The van der Waals surface area contributed by atoms with Gasteiger partial charge in [-0.3, -0.25) is 4.79 Å². The first-order chi connectivity index (χ1) is 12.5. The lowest BCUT2D eigenvalue weighted by atomic mass is 9.98. The summed E-state index contributed by atoms with van der Waals surface area (Å²) in [5, 5.41) is 0.716. The SMILES string of the molecule is Cc1cc(CC(N)C(=O)N2CCC(N3CCCCC3)CC2)cc(Br)c1Cl. The van der Waals surface area contributed by atoms with Crippen molar-refractivity contribution < 1.29 is 4.79 Å². The van der Waals surface area contributed by atoms with E-state index < -0.39 is 6.04 Å². The Balaban J connectivity index is 1.53. The molecule has 2 aliphatic rings. The van der Waals surface area contributed by atoms with E-state index in [1.54, 1.807) is 0 Å². The molecule has 2 fully saturated rings. The molecule has 2 saturated heterocycles. The summed E-state index contributed by atoms with van der Waals surface area (Å²) in [5.74, 6) is 0.0748. The zero-order chi connectivity index (χ0) is 18.7. The van der Waals surface area contributed by atoms with Crippen LogP contribution >= 0.6 is 27.5 Å². The predicted molar refractivity (Wildman–Crippen MR) is 111 cm³/mol. The third kappa shape index (κ3) is 4.80. The van der Waals surface area contributed by atoms with Gasteiger partial charge in [-0.15, -0.1) is 0 Å². The van der Waals surface area contributed by atoms with Crippen LogP contribution in [-0.4, -0.2) is 54.0 Å². The van der Waals surface area contributed by atoms with Gasteiger partial charge in [0.25, 0.3) is 0 Å². The van der Waals surface area contributed by atoms with E-state index in [0.717, 1.165) is 41.5 Å². The largest absolute Gasteiger partial charge is 0.341 e. The zero-order valence-electron chi connectivity index (χ0n) is 15.5. The van der Waals surface area contributed by atoms with Crippen molar-refractivity contribution in [1.82, 2.24) is 9.80 Å². The summed E-state index contributed by atoms with van der Waals surface area (Å²) in [6.07, 6.45) is 6.69. The number of rotatable bonds is 4. The summed E-state index contributed by atoms with van der Waals surface area (Å²) in [4.78, 5) is 17.4. The van der Waals surface area contributed by atoms with Crippen LogP contribution in [0, 0.1) is 6.92 Å². The Morgan fingerprint density at radius 2 is 1.88 bits per heavy atom. The quantitative estimate of drug-likeness (QED) is 0.772. The topological polar surface area (TPSA) is 49.6 Å². The first-order valence-corrected chi connectivity index (χ1v) is 10.9. The van der Waals surface area contributed by atoms with Gasteiger partial charge in [0.1, 0.15) is 0 Å². The predicted octanol–water partition coefficient (Wildman–Crippen LogP) is 3.76. The van der Waals surface area contributed by atoms with Gasteiger partial charge in [-0.2, -0.15) is 0 Å². The maximum absolute atomic E-state index is 12.8. The molecule has 1 aromatic carbocycles. The summed E-state index contributed by atoms with van der Waals surface area (Å²) < 4.78 is 0.858. The number of likely N-dealkylation sites (tertiary alicyclic amines) is 2. The summed E-state index contributed by atoms with van der Waals surface area (Å²) in [6.45, 7) is 6.08. The molecule has 0 aliphatic carbocycles. The molecule has 0 aromatic heterocycles. The number of aryl methyl sites for hydroxylation is 1. The lowest BCUT2D eigenvalue weighted by Crippen LogP contribution is -2.52. The van der Waals surface area contributed by atoms with Crippen LogP contribution < -0.4 is 5.73 Å². The number of halogens is 2. The second-order valence-electron chi connectivity index (χ2n) is 7.67. The molecule has 1 atom stereocenters. The van der Waals surface area contributed by atoms with E-state index >= 15 is 0 Å². The molecule has 3 rings (SSSR count). The number of carbonyl (C=O) groups excluding carboxylic acids is 1. The summed E-state index contributed by atoms with van der Waals surface area (Å²) in [7, 11) is 0. The fourth-order valence-electron chi connectivity index (χ4n) is 4.23. The Hall–Kier alpha value is -0.620. The maximum Gasteiger partial charge on any atom is 0.239 e. The van der Waals surface area contributed by atoms with E-state index in [9.17, 15) is 4.79 Å². The number of benzene rings is 1. The van der Waals surface area contributed by atoms with Gasteiger partial charge in [0, 0.05) is 23.6 Å². The molecule has 0 bridgehead atoms. The van der Waals surface area contributed by atoms with Crippen molar-refractivity contribution in [2.75, 3.05) is 26.2 Å². The van der Waals surface area contributed by atoms with Crippen LogP contribution in [0.15, 0.2) is 16.6 Å². The van der Waals surface area contributed by atoms with E-state index in [2.05, 4.69) is 20.8 Å². The molecule has 1 amide bonds. The highest BCUT2D eigenvalue weighted by atomic mass is 79.9. The van der Waals surface area contributed by atoms with E-state index in [1.165, 1.54) is 32.4 Å². The molecule has 1 unspecified atom stereocenters. The van der Waals surface area contributed by atoms with Crippen molar-refractivity contribution in [3.8, 4) is 0 Å². The van der Waals surface area contributed by atoms with Gasteiger partial charge in [-0.05, 0) is 85.2 Å². The summed E-state index contributed by atoms with van der Waals surface area (Å²) in [6, 6.07) is 4.13. The Kier molecular flexibility index (Phi) is 7.00. The van der Waals surface area contributed by atoms with Crippen molar-refractivity contribution in [2.24, 2.45) is 5.73 Å². The highest BCUT2D eigenvalue weighted by molar-refractivity contribution is 9.10. The van der Waals surface area contributed by atoms with Gasteiger partial charge >= 0.3 is 0 Å². The first-order valence-electron chi connectivity index (χ1n) is 9.68. The number of amides is 1. The highest BCUT2D eigenvalue weighted by Crippen LogP contribution is 2.28. The minimum atomic E-state index is -0.492. The molecule has 6 heteroatoms. The molecule has 144 valence electrons. The van der Waals surface area contributed by atoms with E-state index in [1.807, 2.05) is 24.0 Å². The van der Waals surface area contributed by atoms with E-state index in [0.29, 0.717) is 17.5 Å². The number of hydrogen-bond acceptors (Lipinski definition) is 3. The summed E-state index contributed by atoms with van der Waals surface area (Å²) >= 11 is 9.66. The van der Waals surface area contributed by atoms with Gasteiger partial charge in [0.15, 0.2) is 0 Å². The van der Waals surface area contributed by atoms with Crippen molar-refractivity contribution in [3.63, 3.8) is 0 Å². The van der Waals surface area contributed by atoms with Crippen LogP contribution in [0.1, 0.15) is 43.2 Å². The number of carbonyl (C=O) groups is 1. The maximum atomic E-state index is 12.8. The average Bonchev–Trinajstić information content (AvgIpc) is 2.66. The van der Waals surface area contributed by atoms with Gasteiger partial charge < -0.3 is 15.5 Å². The lowest BCUT2D eigenvalue weighted by Gasteiger charge is -2.40. The van der Waals surface area contributed by atoms with Crippen molar-refractivity contribution in [3.05, 3.63) is 32.8 Å². The van der Waals surface area contributed by atoms with Crippen LogP contribution in [0.4, 0.5) is 0 Å². The number of hydrogen-bond donors (Lipinski definition) is 1. The number of nitrogens with two attached hydrogens (primary N) is 1. The normalized spacial score (nSPS) is 21.0.